The van der Waals surface area contributed by atoms with Gasteiger partial charge in [0.25, 0.3) is 0 Å². The second-order valence-electron chi connectivity index (χ2n) is 6.72. The lowest BCUT2D eigenvalue weighted by atomic mass is 9.86. The van der Waals surface area contributed by atoms with Gasteiger partial charge in [-0.25, -0.2) is 9.97 Å². The predicted octanol–water partition coefficient (Wildman–Crippen LogP) is 3.60. The molecule has 2 N–H and O–H groups in total. The van der Waals surface area contributed by atoms with Gasteiger partial charge in [-0.1, -0.05) is 32.1 Å². The summed E-state index contributed by atoms with van der Waals surface area (Å²) in [6.07, 6.45) is 12.3. The van der Waals surface area contributed by atoms with E-state index in [1.54, 1.807) is 0 Å². The van der Waals surface area contributed by atoms with Crippen molar-refractivity contribution < 1.29 is 0 Å². The zero-order valence-corrected chi connectivity index (χ0v) is 13.7. The molecule has 0 unspecified atom stereocenters. The van der Waals surface area contributed by atoms with Gasteiger partial charge in [-0.3, -0.25) is 0 Å². The molecule has 4 nitrogen and oxygen atoms in total. The lowest BCUT2D eigenvalue weighted by molar-refractivity contribution is 0.336. The van der Waals surface area contributed by atoms with Crippen LogP contribution in [0.3, 0.4) is 0 Å². The molecule has 1 aliphatic rings. The van der Waals surface area contributed by atoms with E-state index in [1.807, 2.05) is 6.20 Å². The number of aromatic nitrogens is 3. The van der Waals surface area contributed by atoms with Crippen LogP contribution in [0.15, 0.2) is 12.3 Å². The predicted molar refractivity (Wildman–Crippen MR) is 90.8 cm³/mol. The molecule has 1 saturated carbocycles. The van der Waals surface area contributed by atoms with Crippen molar-refractivity contribution >= 4 is 11.2 Å². The molecule has 120 valence electrons. The van der Waals surface area contributed by atoms with Crippen LogP contribution in [-0.2, 0) is 13.0 Å². The number of pyridine rings is 1. The van der Waals surface area contributed by atoms with Gasteiger partial charge in [0.1, 0.15) is 11.3 Å². The standard InChI is InChI=1S/C18H28N4/c1-14-12-16-18(20-13-14)22(11-5-10-19)17(21-16)9-8-15-6-3-2-4-7-15/h12-13,15H,2-11,19H2,1H3. The molecule has 2 heterocycles. The monoisotopic (exact) mass is 300 g/mol. The van der Waals surface area contributed by atoms with E-state index < -0.39 is 0 Å². The Labute approximate surface area is 133 Å². The van der Waals surface area contributed by atoms with Gasteiger partial charge in [-0.15, -0.1) is 0 Å². The van der Waals surface area contributed by atoms with Crippen LogP contribution in [0.5, 0.6) is 0 Å². The molecule has 22 heavy (non-hydrogen) atoms. The van der Waals surface area contributed by atoms with Crippen molar-refractivity contribution in [1.29, 1.82) is 0 Å². The highest BCUT2D eigenvalue weighted by Crippen LogP contribution is 2.28. The highest BCUT2D eigenvalue weighted by molar-refractivity contribution is 5.72. The maximum atomic E-state index is 5.70. The van der Waals surface area contributed by atoms with Gasteiger partial charge in [0.05, 0.1) is 0 Å². The van der Waals surface area contributed by atoms with Gasteiger partial charge in [0.15, 0.2) is 5.65 Å². The highest BCUT2D eigenvalue weighted by atomic mass is 15.1. The minimum absolute atomic E-state index is 0.716. The largest absolute Gasteiger partial charge is 0.330 e. The summed E-state index contributed by atoms with van der Waals surface area (Å²) in [7, 11) is 0. The Kier molecular flexibility index (Phi) is 5.08. The molecule has 2 aromatic heterocycles. The molecule has 3 rings (SSSR count). The summed E-state index contributed by atoms with van der Waals surface area (Å²) >= 11 is 0. The highest BCUT2D eigenvalue weighted by Gasteiger charge is 2.16. The molecule has 1 fully saturated rings. The van der Waals surface area contributed by atoms with Gasteiger partial charge in [-0.2, -0.15) is 0 Å². The third-order valence-electron chi connectivity index (χ3n) is 4.89. The van der Waals surface area contributed by atoms with Crippen molar-refractivity contribution in [3.63, 3.8) is 0 Å². The first kappa shape index (κ1) is 15.5. The molecule has 0 atom stereocenters. The molecule has 0 aromatic carbocycles. The first-order valence-electron chi connectivity index (χ1n) is 8.80. The molecule has 0 aliphatic heterocycles. The molecular formula is C18H28N4. The van der Waals surface area contributed by atoms with E-state index in [4.69, 9.17) is 10.7 Å². The number of fused-ring (bicyclic) bond motifs is 1. The lowest BCUT2D eigenvalue weighted by Crippen LogP contribution is -2.12. The van der Waals surface area contributed by atoms with Crippen LogP contribution in [0, 0.1) is 12.8 Å². The zero-order chi connectivity index (χ0) is 15.4. The van der Waals surface area contributed by atoms with Crippen molar-refractivity contribution in [1.82, 2.24) is 14.5 Å². The van der Waals surface area contributed by atoms with Gasteiger partial charge < -0.3 is 10.3 Å². The van der Waals surface area contributed by atoms with E-state index >= 15 is 0 Å². The van der Waals surface area contributed by atoms with Crippen molar-refractivity contribution in [2.24, 2.45) is 11.7 Å². The Bertz CT molecular complexity index is 611. The normalized spacial score (nSPS) is 16.5. The fourth-order valence-corrected chi connectivity index (χ4v) is 3.64. The number of rotatable bonds is 6. The van der Waals surface area contributed by atoms with Crippen molar-refractivity contribution in [2.75, 3.05) is 6.54 Å². The Hall–Kier alpha value is -1.42. The molecular weight excluding hydrogens is 272 g/mol. The maximum absolute atomic E-state index is 5.70. The van der Waals surface area contributed by atoms with E-state index in [2.05, 4.69) is 22.5 Å². The minimum atomic E-state index is 0.716. The molecule has 0 saturated heterocycles. The van der Waals surface area contributed by atoms with Gasteiger partial charge in [-0.05, 0) is 43.9 Å². The average Bonchev–Trinajstić information content (AvgIpc) is 2.88. The smallest absolute Gasteiger partial charge is 0.160 e. The fourth-order valence-electron chi connectivity index (χ4n) is 3.64. The van der Waals surface area contributed by atoms with Gasteiger partial charge in [0, 0.05) is 19.2 Å². The molecule has 0 amide bonds. The van der Waals surface area contributed by atoms with Crippen LogP contribution in [0.25, 0.3) is 11.2 Å². The average molecular weight is 300 g/mol. The molecule has 2 aromatic rings. The van der Waals surface area contributed by atoms with Gasteiger partial charge in [0.2, 0.25) is 0 Å². The number of nitrogens with zero attached hydrogens (tertiary/aromatic N) is 3. The number of aryl methyl sites for hydroxylation is 3. The summed E-state index contributed by atoms with van der Waals surface area (Å²) < 4.78 is 2.30. The second-order valence-corrected chi connectivity index (χ2v) is 6.72. The van der Waals surface area contributed by atoms with E-state index in [0.29, 0.717) is 6.54 Å². The summed E-state index contributed by atoms with van der Waals surface area (Å²) in [5, 5.41) is 0. The van der Waals surface area contributed by atoms with Crippen molar-refractivity contribution in [3.8, 4) is 0 Å². The van der Waals surface area contributed by atoms with E-state index in [9.17, 15) is 0 Å². The van der Waals surface area contributed by atoms with Crippen LogP contribution < -0.4 is 5.73 Å². The number of nitrogens with two attached hydrogens (primary N) is 1. The number of hydrogen-bond donors (Lipinski definition) is 1. The zero-order valence-electron chi connectivity index (χ0n) is 13.7. The second kappa shape index (κ2) is 7.23. The summed E-state index contributed by atoms with van der Waals surface area (Å²) in [6, 6.07) is 2.14. The Morgan fingerprint density at radius 1 is 1.27 bits per heavy atom. The van der Waals surface area contributed by atoms with Gasteiger partial charge >= 0.3 is 0 Å². The number of hydrogen-bond acceptors (Lipinski definition) is 3. The first-order valence-corrected chi connectivity index (χ1v) is 8.80. The molecule has 0 spiro atoms. The van der Waals surface area contributed by atoms with E-state index in [0.717, 1.165) is 36.5 Å². The summed E-state index contributed by atoms with van der Waals surface area (Å²) in [5.74, 6) is 2.10. The SMILES string of the molecule is Cc1cnc2c(c1)nc(CCC1CCCCC1)n2CCCN. The van der Waals surface area contributed by atoms with Crippen LogP contribution in [0.4, 0.5) is 0 Å². The molecule has 1 aliphatic carbocycles. The topological polar surface area (TPSA) is 56.7 Å². The summed E-state index contributed by atoms with van der Waals surface area (Å²) in [5.41, 5.74) is 8.94. The van der Waals surface area contributed by atoms with Crippen molar-refractivity contribution in [3.05, 3.63) is 23.7 Å². The Morgan fingerprint density at radius 2 is 2.09 bits per heavy atom. The van der Waals surface area contributed by atoms with Crippen LogP contribution in [0.1, 0.15) is 56.3 Å². The van der Waals surface area contributed by atoms with Crippen LogP contribution in [0.2, 0.25) is 0 Å². The fraction of sp³-hybridized carbons (Fsp3) is 0.667. The summed E-state index contributed by atoms with van der Waals surface area (Å²) in [4.78, 5) is 9.48. The Balaban J connectivity index is 1.79. The van der Waals surface area contributed by atoms with Crippen LogP contribution >= 0.6 is 0 Å². The van der Waals surface area contributed by atoms with Crippen molar-refractivity contribution in [2.45, 2.75) is 64.8 Å². The lowest BCUT2D eigenvalue weighted by Gasteiger charge is -2.21. The minimum Gasteiger partial charge on any atom is -0.330 e. The van der Waals surface area contributed by atoms with E-state index in [-0.39, 0.29) is 0 Å². The third kappa shape index (κ3) is 3.49. The van der Waals surface area contributed by atoms with E-state index in [1.165, 1.54) is 49.9 Å². The third-order valence-corrected chi connectivity index (χ3v) is 4.89. The summed E-state index contributed by atoms with van der Waals surface area (Å²) in [6.45, 7) is 3.73. The maximum Gasteiger partial charge on any atom is 0.160 e. The van der Waals surface area contributed by atoms with Crippen LogP contribution in [-0.4, -0.2) is 21.1 Å². The Morgan fingerprint density at radius 3 is 2.86 bits per heavy atom. The quantitative estimate of drug-likeness (QED) is 0.886. The molecule has 4 heteroatoms. The number of imidazole rings is 1. The molecule has 0 radical (unpaired) electrons. The molecule has 0 bridgehead atoms. The first-order chi connectivity index (χ1) is 10.8.